The van der Waals surface area contributed by atoms with E-state index in [0.29, 0.717) is 30.3 Å². The zero-order valence-electron chi connectivity index (χ0n) is 13.6. The van der Waals surface area contributed by atoms with Crippen LogP contribution in [0, 0.1) is 11.3 Å². The lowest BCUT2D eigenvalue weighted by molar-refractivity contribution is -0.140. The van der Waals surface area contributed by atoms with Gasteiger partial charge in [0.25, 0.3) is 0 Å². The minimum absolute atomic E-state index is 0.144. The molecule has 1 aromatic carbocycles. The Hall–Kier alpha value is -3.34. The summed E-state index contributed by atoms with van der Waals surface area (Å²) in [5.74, 6) is 1.07. The third-order valence-electron chi connectivity index (χ3n) is 3.66. The summed E-state index contributed by atoms with van der Waals surface area (Å²) >= 11 is 0. The highest BCUT2D eigenvalue weighted by molar-refractivity contribution is 5.84. The topological polar surface area (TPSA) is 114 Å². The number of methoxy groups -OCH3 is 1. The van der Waals surface area contributed by atoms with Gasteiger partial charge in [-0.1, -0.05) is 5.16 Å². The van der Waals surface area contributed by atoms with E-state index in [0.717, 1.165) is 16.5 Å². The van der Waals surface area contributed by atoms with Gasteiger partial charge in [0.05, 0.1) is 26.0 Å². The molecule has 0 aliphatic rings. The third kappa shape index (κ3) is 3.95. The highest BCUT2D eigenvalue weighted by atomic mass is 16.5. The number of esters is 1. The molecule has 2 aromatic heterocycles. The first kappa shape index (κ1) is 16.5. The lowest BCUT2D eigenvalue weighted by Crippen LogP contribution is -2.02. The van der Waals surface area contributed by atoms with Crippen molar-refractivity contribution in [2.45, 2.75) is 25.9 Å². The van der Waals surface area contributed by atoms with Crippen molar-refractivity contribution in [1.82, 2.24) is 15.1 Å². The number of nitrogens with one attached hydrogen (secondary N) is 1. The fourth-order valence-electron chi connectivity index (χ4n) is 2.39. The van der Waals surface area contributed by atoms with Crippen LogP contribution in [-0.2, 0) is 29.0 Å². The van der Waals surface area contributed by atoms with Crippen LogP contribution in [0.25, 0.3) is 10.9 Å². The molecule has 0 unspecified atom stereocenters. The zero-order valence-corrected chi connectivity index (χ0v) is 13.6. The number of ether oxygens (including phenoxy) is 2. The van der Waals surface area contributed by atoms with Gasteiger partial charge in [-0.05, 0) is 23.8 Å². The number of nitriles is 1. The SMILES string of the molecule is COC(=O)CCc1nc(COc2ccc3[nH]cc(CC#N)c3c2)no1. The molecule has 0 fully saturated rings. The molecular weight excluding hydrogens is 324 g/mol. The van der Waals surface area contributed by atoms with Crippen molar-refractivity contribution in [1.29, 1.82) is 5.26 Å². The van der Waals surface area contributed by atoms with Gasteiger partial charge in [0, 0.05) is 23.5 Å². The second-order valence-electron chi connectivity index (χ2n) is 5.33. The number of aromatic amines is 1. The summed E-state index contributed by atoms with van der Waals surface area (Å²) in [5.41, 5.74) is 1.87. The van der Waals surface area contributed by atoms with E-state index in [1.54, 1.807) is 0 Å². The van der Waals surface area contributed by atoms with Gasteiger partial charge in [0.1, 0.15) is 5.75 Å². The van der Waals surface area contributed by atoms with Gasteiger partial charge in [-0.25, -0.2) is 0 Å². The van der Waals surface area contributed by atoms with Crippen LogP contribution in [0.1, 0.15) is 23.7 Å². The Morgan fingerprint density at radius 2 is 2.32 bits per heavy atom. The van der Waals surface area contributed by atoms with Crippen LogP contribution in [0.2, 0.25) is 0 Å². The van der Waals surface area contributed by atoms with Crippen molar-refractivity contribution in [2.75, 3.05) is 7.11 Å². The van der Waals surface area contributed by atoms with E-state index < -0.39 is 0 Å². The van der Waals surface area contributed by atoms with Gasteiger partial charge in [0.2, 0.25) is 11.7 Å². The van der Waals surface area contributed by atoms with Gasteiger partial charge >= 0.3 is 5.97 Å². The number of rotatable bonds is 7. The van der Waals surface area contributed by atoms with Gasteiger partial charge < -0.3 is 19.0 Å². The van der Waals surface area contributed by atoms with E-state index >= 15 is 0 Å². The van der Waals surface area contributed by atoms with E-state index in [-0.39, 0.29) is 19.0 Å². The van der Waals surface area contributed by atoms with Gasteiger partial charge in [-0.2, -0.15) is 10.2 Å². The van der Waals surface area contributed by atoms with Crippen molar-refractivity contribution < 1.29 is 18.8 Å². The first-order valence-electron chi connectivity index (χ1n) is 7.67. The Balaban J connectivity index is 1.62. The van der Waals surface area contributed by atoms with Crippen LogP contribution < -0.4 is 4.74 Å². The fourth-order valence-corrected chi connectivity index (χ4v) is 2.39. The summed E-state index contributed by atoms with van der Waals surface area (Å²) in [6, 6.07) is 7.73. The molecule has 0 amide bonds. The van der Waals surface area contributed by atoms with Crippen LogP contribution in [-0.4, -0.2) is 28.2 Å². The highest BCUT2D eigenvalue weighted by Gasteiger charge is 2.10. The molecule has 0 radical (unpaired) electrons. The number of H-pyrrole nitrogens is 1. The molecule has 8 nitrogen and oxygen atoms in total. The number of nitrogens with zero attached hydrogens (tertiary/aromatic N) is 3. The van der Waals surface area contributed by atoms with Gasteiger partial charge in [0.15, 0.2) is 6.61 Å². The maximum Gasteiger partial charge on any atom is 0.306 e. The molecule has 0 aliphatic heterocycles. The smallest absolute Gasteiger partial charge is 0.306 e. The predicted molar refractivity (Wildman–Crippen MR) is 86.6 cm³/mol. The Kier molecular flexibility index (Phi) is 4.95. The molecule has 2 heterocycles. The van der Waals surface area contributed by atoms with Crippen LogP contribution in [0.4, 0.5) is 0 Å². The van der Waals surface area contributed by atoms with Crippen LogP contribution in [0.15, 0.2) is 28.9 Å². The Labute approximate surface area is 143 Å². The molecular formula is C17H16N4O4. The number of fused-ring (bicyclic) bond motifs is 1. The maximum absolute atomic E-state index is 11.1. The molecule has 0 saturated carbocycles. The Morgan fingerprint density at radius 3 is 3.12 bits per heavy atom. The van der Waals surface area contributed by atoms with Crippen molar-refractivity contribution in [3.05, 3.63) is 41.7 Å². The molecule has 3 aromatic rings. The molecule has 0 spiro atoms. The summed E-state index contributed by atoms with van der Waals surface area (Å²) in [7, 11) is 1.33. The number of aryl methyl sites for hydroxylation is 1. The Morgan fingerprint density at radius 1 is 1.44 bits per heavy atom. The minimum atomic E-state index is -0.330. The second kappa shape index (κ2) is 7.49. The van der Waals surface area contributed by atoms with Crippen molar-refractivity contribution in [2.24, 2.45) is 0 Å². The zero-order chi connectivity index (χ0) is 17.6. The van der Waals surface area contributed by atoms with Crippen molar-refractivity contribution >= 4 is 16.9 Å². The number of aromatic nitrogens is 3. The van der Waals surface area contributed by atoms with Crippen LogP contribution in [0.3, 0.4) is 0 Å². The average Bonchev–Trinajstić information content (AvgIpc) is 3.25. The standard InChI is InChI=1S/C17H16N4O4/c1-23-17(22)5-4-16-20-15(21-25-16)10-24-12-2-3-14-13(8-12)11(6-7-18)9-19-14/h2-3,8-9,19H,4-6,10H2,1H3. The molecule has 25 heavy (non-hydrogen) atoms. The highest BCUT2D eigenvalue weighted by Crippen LogP contribution is 2.24. The molecule has 0 saturated heterocycles. The molecule has 0 aliphatic carbocycles. The summed E-state index contributed by atoms with van der Waals surface area (Å²) in [6.45, 7) is 0.144. The number of carbonyl (C=O) groups is 1. The average molecular weight is 340 g/mol. The Bertz CT molecular complexity index is 922. The summed E-state index contributed by atoms with van der Waals surface area (Å²) in [4.78, 5) is 18.4. The quantitative estimate of drug-likeness (QED) is 0.656. The first-order valence-corrected chi connectivity index (χ1v) is 7.67. The summed E-state index contributed by atoms with van der Waals surface area (Å²) in [5, 5.41) is 13.6. The monoisotopic (exact) mass is 340 g/mol. The maximum atomic E-state index is 11.1. The first-order chi connectivity index (χ1) is 12.2. The number of hydrogen-bond donors (Lipinski definition) is 1. The van der Waals surface area contributed by atoms with Crippen molar-refractivity contribution in [3.63, 3.8) is 0 Å². The minimum Gasteiger partial charge on any atom is -0.485 e. The molecule has 128 valence electrons. The summed E-state index contributed by atoms with van der Waals surface area (Å²) < 4.78 is 15.3. The molecule has 8 heteroatoms. The van der Waals surface area contributed by atoms with Gasteiger partial charge in [-0.3, -0.25) is 4.79 Å². The second-order valence-corrected chi connectivity index (χ2v) is 5.33. The van der Waals surface area contributed by atoms with E-state index in [1.807, 2.05) is 24.4 Å². The largest absolute Gasteiger partial charge is 0.485 e. The molecule has 3 rings (SSSR count). The van der Waals surface area contributed by atoms with E-state index in [2.05, 4.69) is 25.9 Å². The van der Waals surface area contributed by atoms with Gasteiger partial charge in [-0.15, -0.1) is 0 Å². The molecule has 1 N–H and O–H groups in total. The lowest BCUT2D eigenvalue weighted by atomic mass is 10.1. The molecule has 0 atom stereocenters. The van der Waals surface area contributed by atoms with E-state index in [4.69, 9.17) is 14.5 Å². The normalized spacial score (nSPS) is 10.6. The lowest BCUT2D eigenvalue weighted by Gasteiger charge is -2.03. The van der Waals surface area contributed by atoms with Crippen LogP contribution in [0.5, 0.6) is 5.75 Å². The third-order valence-corrected chi connectivity index (χ3v) is 3.66. The van der Waals surface area contributed by atoms with E-state index in [9.17, 15) is 4.79 Å². The summed E-state index contributed by atoms with van der Waals surface area (Å²) in [6.07, 6.45) is 2.67. The fraction of sp³-hybridized carbons (Fsp3) is 0.294. The predicted octanol–water partition coefficient (Wildman–Crippen LogP) is 2.30. The molecule has 0 bridgehead atoms. The number of hydrogen-bond acceptors (Lipinski definition) is 7. The number of benzene rings is 1. The van der Waals surface area contributed by atoms with Crippen molar-refractivity contribution in [3.8, 4) is 11.8 Å². The number of carbonyl (C=O) groups excluding carboxylic acids is 1. The van der Waals surface area contributed by atoms with E-state index in [1.165, 1.54) is 7.11 Å². The van der Waals surface area contributed by atoms with Crippen LogP contribution >= 0.6 is 0 Å².